The molecule has 1 aromatic heterocycles. The minimum absolute atomic E-state index is 0. The lowest BCUT2D eigenvalue weighted by Gasteiger charge is -2.31. The van der Waals surface area contributed by atoms with E-state index < -0.39 is 10.0 Å². The lowest BCUT2D eigenvalue weighted by atomic mass is 10.2. The summed E-state index contributed by atoms with van der Waals surface area (Å²) in [5, 5.41) is 3.94. The third kappa shape index (κ3) is 3.03. The predicted octanol–water partition coefficient (Wildman–Crippen LogP) is 1.64. The smallest absolute Gasteiger partial charge is 0.243 e. The Kier molecular flexibility index (Phi) is 4.83. The minimum Gasteiger partial charge on any atom is -0.312 e. The Balaban J connectivity index is 0.00000161. The molecular formula is C14H18ClN3O2S. The highest BCUT2D eigenvalue weighted by Gasteiger charge is 2.29. The van der Waals surface area contributed by atoms with Crippen molar-refractivity contribution < 1.29 is 8.42 Å². The summed E-state index contributed by atoms with van der Waals surface area (Å²) in [6, 6.07) is 8.98. The summed E-state index contributed by atoms with van der Waals surface area (Å²) in [6.07, 6.45) is 1.67. The van der Waals surface area contributed by atoms with Gasteiger partial charge in [-0.25, -0.2) is 8.42 Å². The summed E-state index contributed by atoms with van der Waals surface area (Å²) in [6.45, 7) is 3.68. The van der Waals surface area contributed by atoms with Crippen molar-refractivity contribution in [1.82, 2.24) is 14.6 Å². The zero-order chi connectivity index (χ0) is 14.2. The summed E-state index contributed by atoms with van der Waals surface area (Å²) in [5.74, 6) is 0. The van der Waals surface area contributed by atoms with E-state index in [2.05, 4.69) is 10.3 Å². The Hall–Kier alpha value is -1.21. The second kappa shape index (κ2) is 6.27. The van der Waals surface area contributed by atoms with Gasteiger partial charge in [0.25, 0.3) is 0 Å². The molecule has 1 unspecified atom stereocenters. The monoisotopic (exact) mass is 327 g/mol. The van der Waals surface area contributed by atoms with Gasteiger partial charge >= 0.3 is 0 Å². The summed E-state index contributed by atoms with van der Waals surface area (Å²) >= 11 is 0. The second-order valence-electron chi connectivity index (χ2n) is 5.04. The molecule has 3 rings (SSSR count). The lowest BCUT2D eigenvalue weighted by molar-refractivity contribution is 0.310. The van der Waals surface area contributed by atoms with E-state index in [0.29, 0.717) is 35.4 Å². The number of rotatable bonds is 2. The van der Waals surface area contributed by atoms with E-state index in [0.717, 1.165) is 0 Å². The summed E-state index contributed by atoms with van der Waals surface area (Å²) < 4.78 is 27.2. The van der Waals surface area contributed by atoms with Crippen LogP contribution in [0.15, 0.2) is 41.4 Å². The predicted molar refractivity (Wildman–Crippen MR) is 85.2 cm³/mol. The van der Waals surface area contributed by atoms with E-state index in [1.807, 2.05) is 13.0 Å². The highest BCUT2D eigenvalue weighted by Crippen LogP contribution is 2.25. The molecule has 0 aliphatic carbocycles. The topological polar surface area (TPSA) is 62.3 Å². The third-order valence-electron chi connectivity index (χ3n) is 3.56. The Morgan fingerprint density at radius 2 is 2.10 bits per heavy atom. The van der Waals surface area contributed by atoms with E-state index >= 15 is 0 Å². The maximum Gasteiger partial charge on any atom is 0.243 e. The first-order chi connectivity index (χ1) is 9.59. The van der Waals surface area contributed by atoms with E-state index in [4.69, 9.17) is 0 Å². The van der Waals surface area contributed by atoms with Crippen LogP contribution in [0, 0.1) is 0 Å². The summed E-state index contributed by atoms with van der Waals surface area (Å²) in [4.78, 5) is 4.56. The van der Waals surface area contributed by atoms with Gasteiger partial charge in [-0.05, 0) is 31.2 Å². The van der Waals surface area contributed by atoms with Crippen molar-refractivity contribution in [2.24, 2.45) is 0 Å². The molecule has 1 N–H and O–H groups in total. The van der Waals surface area contributed by atoms with Gasteiger partial charge in [0.2, 0.25) is 10.0 Å². The molecule has 5 nitrogen and oxygen atoms in total. The molecule has 2 aromatic rings. The molecule has 0 spiro atoms. The molecular weight excluding hydrogens is 310 g/mol. The fourth-order valence-corrected chi connectivity index (χ4v) is 4.29. The highest BCUT2D eigenvalue weighted by atomic mass is 35.5. The van der Waals surface area contributed by atoms with Crippen LogP contribution in [0.5, 0.6) is 0 Å². The van der Waals surface area contributed by atoms with E-state index in [1.54, 1.807) is 34.8 Å². The van der Waals surface area contributed by atoms with Gasteiger partial charge in [-0.1, -0.05) is 6.07 Å². The van der Waals surface area contributed by atoms with Crippen molar-refractivity contribution in [3.8, 4) is 0 Å². The number of pyridine rings is 1. The molecule has 0 bridgehead atoms. The van der Waals surface area contributed by atoms with Gasteiger partial charge in [-0.3, -0.25) is 4.98 Å². The standard InChI is InChI=1S/C14H17N3O2S.ClH/c1-11-10-17(9-8-15-11)20(18,19)14-6-2-5-13-12(14)4-3-7-16-13;/h2-7,11,15H,8-10H2,1H3;1H. The number of fused-ring (bicyclic) bond motifs is 1. The first kappa shape index (κ1) is 16.2. The number of hydrogen-bond donors (Lipinski definition) is 1. The van der Waals surface area contributed by atoms with Crippen molar-refractivity contribution in [3.05, 3.63) is 36.5 Å². The number of hydrogen-bond acceptors (Lipinski definition) is 4. The average molecular weight is 328 g/mol. The van der Waals surface area contributed by atoms with Gasteiger partial charge in [-0.15, -0.1) is 12.4 Å². The first-order valence-corrected chi connectivity index (χ1v) is 8.10. The Bertz CT molecular complexity index is 731. The van der Waals surface area contributed by atoms with Gasteiger partial charge in [0.05, 0.1) is 10.4 Å². The number of halogens is 1. The Labute approximate surface area is 130 Å². The molecule has 1 aromatic carbocycles. The highest BCUT2D eigenvalue weighted by molar-refractivity contribution is 7.89. The van der Waals surface area contributed by atoms with Gasteiger partial charge in [0.15, 0.2) is 0 Å². The molecule has 1 atom stereocenters. The maximum absolute atomic E-state index is 12.8. The normalized spacial score (nSPS) is 20.1. The average Bonchev–Trinajstić information content (AvgIpc) is 2.46. The SMILES string of the molecule is CC1CN(S(=O)(=O)c2cccc3ncccc23)CCN1.Cl. The van der Waals surface area contributed by atoms with Crippen LogP contribution >= 0.6 is 12.4 Å². The van der Waals surface area contributed by atoms with Gasteiger partial charge in [0.1, 0.15) is 0 Å². The number of nitrogens with zero attached hydrogens (tertiary/aromatic N) is 2. The van der Waals surface area contributed by atoms with Crippen LogP contribution in [0.4, 0.5) is 0 Å². The molecule has 0 saturated carbocycles. The molecule has 1 aliphatic rings. The largest absolute Gasteiger partial charge is 0.312 e. The molecule has 7 heteroatoms. The van der Waals surface area contributed by atoms with Crippen molar-refractivity contribution in [3.63, 3.8) is 0 Å². The number of sulfonamides is 1. The van der Waals surface area contributed by atoms with Crippen LogP contribution in [0.1, 0.15) is 6.92 Å². The molecule has 0 radical (unpaired) electrons. The number of nitrogens with one attached hydrogen (secondary N) is 1. The third-order valence-corrected chi connectivity index (χ3v) is 5.48. The van der Waals surface area contributed by atoms with E-state index in [9.17, 15) is 8.42 Å². The van der Waals surface area contributed by atoms with Crippen LogP contribution in [-0.4, -0.2) is 43.4 Å². The number of aromatic nitrogens is 1. The summed E-state index contributed by atoms with van der Waals surface area (Å²) in [7, 11) is -3.47. The molecule has 1 saturated heterocycles. The minimum atomic E-state index is -3.47. The molecule has 21 heavy (non-hydrogen) atoms. The zero-order valence-corrected chi connectivity index (χ0v) is 13.3. The zero-order valence-electron chi connectivity index (χ0n) is 11.7. The van der Waals surface area contributed by atoms with Crippen LogP contribution in [0.3, 0.4) is 0 Å². The Morgan fingerprint density at radius 1 is 1.29 bits per heavy atom. The van der Waals surface area contributed by atoms with Crippen molar-refractivity contribution >= 4 is 33.3 Å². The summed E-state index contributed by atoms with van der Waals surface area (Å²) in [5.41, 5.74) is 0.705. The van der Waals surface area contributed by atoms with Gasteiger partial charge in [0, 0.05) is 37.3 Å². The van der Waals surface area contributed by atoms with Crippen LogP contribution in [-0.2, 0) is 10.0 Å². The van der Waals surface area contributed by atoms with Gasteiger partial charge < -0.3 is 5.32 Å². The van der Waals surface area contributed by atoms with Gasteiger partial charge in [-0.2, -0.15) is 4.31 Å². The van der Waals surface area contributed by atoms with E-state index in [-0.39, 0.29) is 18.4 Å². The first-order valence-electron chi connectivity index (χ1n) is 6.66. The fourth-order valence-electron chi connectivity index (χ4n) is 2.55. The second-order valence-corrected chi connectivity index (χ2v) is 6.95. The van der Waals surface area contributed by atoms with E-state index in [1.165, 1.54) is 0 Å². The Morgan fingerprint density at radius 3 is 2.86 bits per heavy atom. The fraction of sp³-hybridized carbons (Fsp3) is 0.357. The lowest BCUT2D eigenvalue weighted by Crippen LogP contribution is -2.51. The van der Waals surface area contributed by atoms with Crippen molar-refractivity contribution in [2.45, 2.75) is 17.9 Å². The number of benzene rings is 1. The molecule has 1 fully saturated rings. The van der Waals surface area contributed by atoms with Crippen molar-refractivity contribution in [1.29, 1.82) is 0 Å². The van der Waals surface area contributed by atoms with Crippen LogP contribution in [0.25, 0.3) is 10.9 Å². The quantitative estimate of drug-likeness (QED) is 0.911. The number of piperazine rings is 1. The molecule has 2 heterocycles. The molecule has 1 aliphatic heterocycles. The van der Waals surface area contributed by atoms with Crippen LogP contribution < -0.4 is 5.32 Å². The molecule has 114 valence electrons. The maximum atomic E-state index is 12.8. The van der Waals surface area contributed by atoms with Crippen LogP contribution in [0.2, 0.25) is 0 Å². The van der Waals surface area contributed by atoms with Crippen molar-refractivity contribution in [2.75, 3.05) is 19.6 Å². The molecule has 0 amide bonds.